The molecule has 17 nitrogen and oxygen atoms in total. The Hall–Kier alpha value is -1.94. The second-order valence-corrected chi connectivity index (χ2v) is 33.6. The maximum absolute atomic E-state index is 13.1. The number of esters is 4. The Morgan fingerprint density at radius 1 is 0.253 bits per heavy atom. The number of hydrogen-bond acceptors (Lipinski definition) is 15. The normalized spacial score (nSPS) is 14.1. The van der Waals surface area contributed by atoms with Gasteiger partial charge >= 0.3 is 39.5 Å². The van der Waals surface area contributed by atoms with Crippen LogP contribution in [-0.4, -0.2) is 96.7 Å². The predicted octanol–water partition coefficient (Wildman–Crippen LogP) is 23.6. The molecule has 0 aliphatic carbocycles. The quantitative estimate of drug-likeness (QED) is 0.0222. The first-order valence-corrected chi connectivity index (χ1v) is 44.2. The third-order valence-electron chi connectivity index (χ3n) is 18.6. The summed E-state index contributed by atoms with van der Waals surface area (Å²) in [5.41, 5.74) is 0. The van der Waals surface area contributed by atoms with E-state index >= 15 is 0 Å². The van der Waals surface area contributed by atoms with Crippen LogP contribution in [0.5, 0.6) is 0 Å². The van der Waals surface area contributed by atoms with Crippen molar-refractivity contribution in [2.24, 2.45) is 23.7 Å². The SMILES string of the molecule is CC(C)CCCCCCCCCCCCCCCCCCCCC(=O)O[C@H](COC(=O)CCCCCCCCCCCCCCCCCC(C)C)COP(=O)(O)OCC(O)COP(=O)(O)OC[C@@H](COC(=O)CCCCCCCCCC(C)C)OC(=O)CCCCCCCCCC(C)C. The van der Waals surface area contributed by atoms with Crippen LogP contribution < -0.4 is 0 Å². The molecule has 3 N–H and O–H groups in total. The highest BCUT2D eigenvalue weighted by atomic mass is 31.2. The molecule has 0 spiro atoms. The Balaban J connectivity index is 5.20. The predicted molar refractivity (Wildman–Crippen MR) is 404 cm³/mol. The lowest BCUT2D eigenvalue weighted by molar-refractivity contribution is -0.161. The van der Waals surface area contributed by atoms with E-state index in [4.69, 9.17) is 37.0 Å². The van der Waals surface area contributed by atoms with E-state index < -0.39 is 97.5 Å². The Morgan fingerprint density at radius 2 is 0.424 bits per heavy atom. The average molecular weight is 1450 g/mol. The first-order valence-electron chi connectivity index (χ1n) is 41.2. The Morgan fingerprint density at radius 3 is 0.626 bits per heavy atom. The van der Waals surface area contributed by atoms with Crippen LogP contribution in [0.15, 0.2) is 0 Å². The maximum Gasteiger partial charge on any atom is 0.472 e. The number of hydrogen-bond donors (Lipinski definition) is 3. The topological polar surface area (TPSA) is 237 Å². The molecule has 19 heteroatoms. The van der Waals surface area contributed by atoms with Crippen molar-refractivity contribution in [1.29, 1.82) is 0 Å². The van der Waals surface area contributed by atoms with E-state index in [0.29, 0.717) is 37.5 Å². The zero-order valence-electron chi connectivity index (χ0n) is 65.1. The van der Waals surface area contributed by atoms with Crippen LogP contribution in [0.1, 0.15) is 409 Å². The first kappa shape index (κ1) is 97.1. The lowest BCUT2D eigenvalue weighted by Gasteiger charge is -2.21. The number of carbonyl (C=O) groups is 4. The van der Waals surface area contributed by atoms with Crippen molar-refractivity contribution in [2.75, 3.05) is 39.6 Å². The molecule has 5 atom stereocenters. The number of unbranched alkanes of at least 4 members (excludes halogenated alkanes) is 43. The fourth-order valence-electron chi connectivity index (χ4n) is 12.3. The third kappa shape index (κ3) is 74.1. The molecular weight excluding hydrogens is 1290 g/mol. The van der Waals surface area contributed by atoms with Crippen molar-refractivity contribution < 1.29 is 80.2 Å². The summed E-state index contributed by atoms with van der Waals surface area (Å²) in [7, 11) is -9.92. The summed E-state index contributed by atoms with van der Waals surface area (Å²) in [5.74, 6) is 0.908. The van der Waals surface area contributed by atoms with Crippen LogP contribution in [0.3, 0.4) is 0 Å². The number of aliphatic hydroxyl groups excluding tert-OH is 1. The van der Waals surface area contributed by atoms with Gasteiger partial charge in [0.15, 0.2) is 12.2 Å². The van der Waals surface area contributed by atoms with Gasteiger partial charge in [0.1, 0.15) is 19.3 Å². The van der Waals surface area contributed by atoms with Crippen molar-refractivity contribution in [1.82, 2.24) is 0 Å². The van der Waals surface area contributed by atoms with Crippen molar-refractivity contribution in [3.8, 4) is 0 Å². The van der Waals surface area contributed by atoms with Crippen molar-refractivity contribution in [3.05, 3.63) is 0 Å². The Bertz CT molecular complexity index is 1940. The zero-order chi connectivity index (χ0) is 73.1. The molecule has 0 aromatic carbocycles. The highest BCUT2D eigenvalue weighted by Gasteiger charge is 2.30. The van der Waals surface area contributed by atoms with Gasteiger partial charge in [0, 0.05) is 25.7 Å². The van der Waals surface area contributed by atoms with Crippen LogP contribution in [0.2, 0.25) is 0 Å². The minimum Gasteiger partial charge on any atom is -0.462 e. The molecule has 0 amide bonds. The Kier molecular flexibility index (Phi) is 67.8. The molecule has 588 valence electrons. The van der Waals surface area contributed by atoms with Crippen LogP contribution in [0.4, 0.5) is 0 Å². The fourth-order valence-corrected chi connectivity index (χ4v) is 13.8. The number of carbonyl (C=O) groups excluding carboxylic acids is 4. The number of ether oxygens (including phenoxy) is 4. The molecule has 0 saturated heterocycles. The van der Waals surface area contributed by atoms with Gasteiger partial charge < -0.3 is 33.8 Å². The molecule has 0 aromatic heterocycles. The Labute approximate surface area is 607 Å². The summed E-state index contributed by atoms with van der Waals surface area (Å²) in [6.07, 6.45) is 55.9. The average Bonchev–Trinajstić information content (AvgIpc) is 1.32. The van der Waals surface area contributed by atoms with Crippen LogP contribution in [0.25, 0.3) is 0 Å². The molecule has 99 heavy (non-hydrogen) atoms. The van der Waals surface area contributed by atoms with E-state index in [2.05, 4.69) is 55.4 Å². The van der Waals surface area contributed by atoms with Gasteiger partial charge in [0.25, 0.3) is 0 Å². The third-order valence-corrected chi connectivity index (χ3v) is 20.5. The summed E-state index contributed by atoms with van der Waals surface area (Å²) < 4.78 is 68.6. The van der Waals surface area contributed by atoms with Crippen LogP contribution in [0, 0.1) is 23.7 Å². The summed E-state index contributed by atoms with van der Waals surface area (Å²) in [6.45, 7) is 14.2. The fraction of sp³-hybridized carbons (Fsp3) is 0.950. The van der Waals surface area contributed by atoms with Gasteiger partial charge in [-0.15, -0.1) is 0 Å². The lowest BCUT2D eigenvalue weighted by Crippen LogP contribution is -2.30. The molecular formula is C80H156O17P2. The molecule has 0 bridgehead atoms. The summed E-state index contributed by atoms with van der Waals surface area (Å²) in [6, 6.07) is 0. The molecule has 0 aromatic rings. The van der Waals surface area contributed by atoms with Crippen molar-refractivity contribution in [3.63, 3.8) is 0 Å². The maximum atomic E-state index is 13.1. The minimum absolute atomic E-state index is 0.103. The molecule has 0 rings (SSSR count). The largest absolute Gasteiger partial charge is 0.472 e. The van der Waals surface area contributed by atoms with E-state index in [0.717, 1.165) is 108 Å². The monoisotopic (exact) mass is 1450 g/mol. The molecule has 0 heterocycles. The molecule has 0 aliphatic heterocycles. The second-order valence-electron chi connectivity index (χ2n) is 30.7. The molecule has 0 radical (unpaired) electrons. The smallest absolute Gasteiger partial charge is 0.462 e. The number of aliphatic hydroxyl groups is 1. The molecule has 3 unspecified atom stereocenters. The zero-order valence-corrected chi connectivity index (χ0v) is 66.9. The summed E-state index contributed by atoms with van der Waals surface area (Å²) in [4.78, 5) is 72.9. The van der Waals surface area contributed by atoms with Gasteiger partial charge in [-0.3, -0.25) is 37.3 Å². The summed E-state index contributed by atoms with van der Waals surface area (Å²) >= 11 is 0. The van der Waals surface area contributed by atoms with E-state index in [1.807, 2.05) is 0 Å². The standard InChI is InChI=1S/C80H156O17P2/c1-70(2)56-48-40-32-26-22-18-14-11-9-10-12-16-21-25-29-37-46-54-62-79(84)96-75(66-90-77(82)60-52-44-36-28-24-20-17-13-15-19-23-27-33-41-49-57-71(3)4)68-94-98(86,87)92-64-74(81)65-93-99(88,89)95-69-76(97-80(85)63-55-47-39-31-35-43-51-59-73(7)8)67-91-78(83)61-53-45-38-30-34-42-50-58-72(5)6/h70-76,81H,9-69H2,1-8H3,(H,86,87)(H,88,89)/t74?,75-,76-/m1/s1. The van der Waals surface area contributed by atoms with Gasteiger partial charge in [0.05, 0.1) is 26.4 Å². The number of phosphoric acid groups is 2. The molecule has 0 saturated carbocycles. The van der Waals surface area contributed by atoms with Crippen molar-refractivity contribution in [2.45, 2.75) is 427 Å². The van der Waals surface area contributed by atoms with Crippen molar-refractivity contribution >= 4 is 39.5 Å². The van der Waals surface area contributed by atoms with E-state index in [1.165, 1.54) is 205 Å². The highest BCUT2D eigenvalue weighted by molar-refractivity contribution is 7.47. The van der Waals surface area contributed by atoms with E-state index in [1.54, 1.807) is 0 Å². The highest BCUT2D eigenvalue weighted by Crippen LogP contribution is 2.45. The number of rotatable bonds is 77. The van der Waals surface area contributed by atoms with Gasteiger partial charge in [-0.25, -0.2) is 9.13 Å². The number of phosphoric ester groups is 2. The van der Waals surface area contributed by atoms with E-state index in [-0.39, 0.29) is 25.7 Å². The van der Waals surface area contributed by atoms with Crippen LogP contribution >= 0.6 is 15.6 Å². The van der Waals surface area contributed by atoms with Crippen LogP contribution in [-0.2, 0) is 65.4 Å². The van der Waals surface area contributed by atoms with Gasteiger partial charge in [-0.05, 0) is 49.4 Å². The van der Waals surface area contributed by atoms with Gasteiger partial charge in [0.2, 0.25) is 0 Å². The van der Waals surface area contributed by atoms with E-state index in [9.17, 15) is 43.2 Å². The molecule has 0 fully saturated rings. The first-order chi connectivity index (χ1) is 47.6. The molecule has 0 aliphatic rings. The summed E-state index contributed by atoms with van der Waals surface area (Å²) in [5, 5.41) is 10.6. The van der Waals surface area contributed by atoms with Gasteiger partial charge in [-0.2, -0.15) is 0 Å². The second kappa shape index (κ2) is 69.1. The lowest BCUT2D eigenvalue weighted by atomic mass is 10.0. The van der Waals surface area contributed by atoms with Gasteiger partial charge in [-0.1, -0.05) is 357 Å². The minimum atomic E-state index is -4.96.